The molecule has 0 saturated carbocycles. The Balaban J connectivity index is 1.49. The van der Waals surface area contributed by atoms with E-state index in [0.717, 1.165) is 20.7 Å². The lowest BCUT2D eigenvalue weighted by atomic mass is 10.4. The minimum atomic E-state index is -0.0152. The molecule has 0 spiro atoms. The van der Waals surface area contributed by atoms with Crippen molar-refractivity contribution >= 4 is 57.1 Å². The third kappa shape index (κ3) is 4.81. The number of carbonyl (C=O) groups excluding carboxylic acids is 1. The van der Waals surface area contributed by atoms with Crippen LogP contribution in [-0.4, -0.2) is 16.6 Å². The molecule has 1 N–H and O–H groups in total. The minimum Gasteiger partial charge on any atom is -0.302 e. The van der Waals surface area contributed by atoms with E-state index in [1.54, 1.807) is 11.8 Å². The lowest BCUT2D eigenvalue weighted by Gasteiger charge is -2.02. The molecular formula is C16H13ClN2OS3. The predicted octanol–water partition coefficient (Wildman–Crippen LogP) is 5.65. The number of thiophene rings is 1. The summed E-state index contributed by atoms with van der Waals surface area (Å²) in [5.41, 5.74) is 0.848. The molecule has 0 aliphatic heterocycles. The first-order valence-electron chi connectivity index (χ1n) is 6.89. The van der Waals surface area contributed by atoms with Crippen LogP contribution in [0.4, 0.5) is 5.13 Å². The Labute approximate surface area is 151 Å². The number of amides is 1. The molecule has 0 atom stereocenters. The van der Waals surface area contributed by atoms with Gasteiger partial charge in [0.2, 0.25) is 5.91 Å². The summed E-state index contributed by atoms with van der Waals surface area (Å²) in [7, 11) is 0. The quantitative estimate of drug-likeness (QED) is 0.562. The fraction of sp³-hybridized carbons (Fsp3) is 0.125. The van der Waals surface area contributed by atoms with Crippen LogP contribution < -0.4 is 5.32 Å². The van der Waals surface area contributed by atoms with Gasteiger partial charge in [-0.05, 0) is 24.3 Å². The maximum absolute atomic E-state index is 12.0. The zero-order valence-corrected chi connectivity index (χ0v) is 15.2. The van der Waals surface area contributed by atoms with E-state index in [4.69, 9.17) is 11.6 Å². The number of aromatic nitrogens is 1. The number of hydrogen-bond acceptors (Lipinski definition) is 5. The molecule has 0 aliphatic rings. The van der Waals surface area contributed by atoms with Crippen molar-refractivity contribution in [1.82, 2.24) is 4.98 Å². The number of rotatable bonds is 6. The highest BCUT2D eigenvalue weighted by atomic mass is 35.5. The Kier molecular flexibility index (Phi) is 5.72. The standard InChI is InChI=1S/C16H13ClN2OS3/c17-14-7-6-13(23-14)12-10-22-16(18-12)19-15(20)8-9-21-11-4-2-1-3-5-11/h1-7,10H,8-9H2,(H,18,19,20). The second kappa shape index (κ2) is 7.97. The van der Waals surface area contributed by atoms with Gasteiger partial charge in [0.05, 0.1) is 14.9 Å². The van der Waals surface area contributed by atoms with E-state index in [-0.39, 0.29) is 5.91 Å². The normalized spacial score (nSPS) is 10.7. The van der Waals surface area contributed by atoms with Crippen LogP contribution in [-0.2, 0) is 4.79 Å². The summed E-state index contributed by atoms with van der Waals surface area (Å²) in [5.74, 6) is 0.729. The van der Waals surface area contributed by atoms with Crippen molar-refractivity contribution in [2.75, 3.05) is 11.1 Å². The number of halogens is 1. The summed E-state index contributed by atoms with van der Waals surface area (Å²) in [4.78, 5) is 18.6. The topological polar surface area (TPSA) is 42.0 Å². The van der Waals surface area contributed by atoms with Crippen molar-refractivity contribution in [2.24, 2.45) is 0 Å². The summed E-state index contributed by atoms with van der Waals surface area (Å²) in [6, 6.07) is 13.8. The zero-order chi connectivity index (χ0) is 16.1. The van der Waals surface area contributed by atoms with Gasteiger partial charge in [-0.25, -0.2) is 4.98 Å². The number of benzene rings is 1. The van der Waals surface area contributed by atoms with E-state index in [2.05, 4.69) is 10.3 Å². The van der Waals surface area contributed by atoms with Crippen LogP contribution in [0, 0.1) is 0 Å². The number of hydrogen-bond donors (Lipinski definition) is 1. The fourth-order valence-electron chi connectivity index (χ4n) is 1.86. The van der Waals surface area contributed by atoms with E-state index in [1.165, 1.54) is 27.6 Å². The van der Waals surface area contributed by atoms with Crippen LogP contribution in [0.1, 0.15) is 6.42 Å². The van der Waals surface area contributed by atoms with Gasteiger partial charge in [-0.1, -0.05) is 29.8 Å². The van der Waals surface area contributed by atoms with Crippen LogP contribution in [0.3, 0.4) is 0 Å². The maximum Gasteiger partial charge on any atom is 0.226 e. The minimum absolute atomic E-state index is 0.0152. The lowest BCUT2D eigenvalue weighted by Crippen LogP contribution is -2.11. The SMILES string of the molecule is O=C(CCSc1ccccc1)Nc1nc(-c2ccc(Cl)s2)cs1. The molecule has 0 aliphatic carbocycles. The van der Waals surface area contributed by atoms with Crippen LogP contribution in [0.25, 0.3) is 10.6 Å². The van der Waals surface area contributed by atoms with E-state index in [1.807, 2.05) is 47.8 Å². The molecule has 0 saturated heterocycles. The van der Waals surface area contributed by atoms with Crippen LogP contribution in [0.2, 0.25) is 4.34 Å². The predicted molar refractivity (Wildman–Crippen MR) is 101 cm³/mol. The Morgan fingerprint density at radius 3 is 2.78 bits per heavy atom. The third-order valence-corrected chi connectivity index (χ3v) is 5.94. The van der Waals surface area contributed by atoms with Crippen molar-refractivity contribution in [3.63, 3.8) is 0 Å². The van der Waals surface area contributed by atoms with Gasteiger partial charge in [-0.15, -0.1) is 34.4 Å². The van der Waals surface area contributed by atoms with Crippen LogP contribution in [0.5, 0.6) is 0 Å². The number of nitrogens with one attached hydrogen (secondary N) is 1. The van der Waals surface area contributed by atoms with E-state index < -0.39 is 0 Å². The van der Waals surface area contributed by atoms with Crippen molar-refractivity contribution < 1.29 is 4.79 Å². The summed E-state index contributed by atoms with van der Waals surface area (Å²) < 4.78 is 0.733. The molecule has 1 aromatic carbocycles. The highest BCUT2D eigenvalue weighted by Gasteiger charge is 2.09. The Morgan fingerprint density at radius 1 is 1.22 bits per heavy atom. The molecule has 118 valence electrons. The summed E-state index contributed by atoms with van der Waals surface area (Å²) in [5, 5.41) is 5.40. The fourth-order valence-corrected chi connectivity index (χ4v) is 4.53. The molecule has 1 amide bonds. The molecule has 0 bridgehead atoms. The van der Waals surface area contributed by atoms with Crippen molar-refractivity contribution in [2.45, 2.75) is 11.3 Å². The smallest absolute Gasteiger partial charge is 0.226 e. The molecule has 2 heterocycles. The lowest BCUT2D eigenvalue weighted by molar-refractivity contribution is -0.115. The average molecular weight is 381 g/mol. The molecule has 0 fully saturated rings. The van der Waals surface area contributed by atoms with Crippen LogP contribution in [0.15, 0.2) is 52.7 Å². The molecule has 3 nitrogen and oxygen atoms in total. The number of carbonyl (C=O) groups is 1. The Bertz CT molecular complexity index is 785. The molecule has 7 heteroatoms. The van der Waals surface area contributed by atoms with E-state index in [0.29, 0.717) is 11.6 Å². The monoisotopic (exact) mass is 380 g/mol. The van der Waals surface area contributed by atoms with E-state index >= 15 is 0 Å². The average Bonchev–Trinajstić information content (AvgIpc) is 3.17. The zero-order valence-electron chi connectivity index (χ0n) is 12.0. The molecule has 3 aromatic rings. The van der Waals surface area contributed by atoms with Crippen molar-refractivity contribution in [1.29, 1.82) is 0 Å². The summed E-state index contributed by atoms with van der Waals surface area (Å²) in [6.45, 7) is 0. The summed E-state index contributed by atoms with van der Waals surface area (Å²) >= 11 is 10.5. The largest absolute Gasteiger partial charge is 0.302 e. The van der Waals surface area contributed by atoms with Gasteiger partial charge in [0.25, 0.3) is 0 Å². The van der Waals surface area contributed by atoms with Crippen molar-refractivity contribution in [3.05, 3.63) is 52.2 Å². The first-order valence-corrected chi connectivity index (χ1v) is 9.95. The van der Waals surface area contributed by atoms with Crippen LogP contribution >= 0.6 is 46.0 Å². The number of nitrogens with zero attached hydrogens (tertiary/aromatic N) is 1. The second-order valence-electron chi connectivity index (χ2n) is 4.60. The van der Waals surface area contributed by atoms with Gasteiger partial charge in [-0.3, -0.25) is 4.79 Å². The van der Waals surface area contributed by atoms with Gasteiger partial charge < -0.3 is 5.32 Å². The molecule has 3 rings (SSSR count). The van der Waals surface area contributed by atoms with E-state index in [9.17, 15) is 4.79 Å². The Morgan fingerprint density at radius 2 is 2.04 bits per heavy atom. The van der Waals surface area contributed by atoms with Crippen molar-refractivity contribution in [3.8, 4) is 10.6 Å². The van der Waals surface area contributed by atoms with Gasteiger partial charge in [0.15, 0.2) is 5.13 Å². The maximum atomic E-state index is 12.0. The molecule has 2 aromatic heterocycles. The molecule has 23 heavy (non-hydrogen) atoms. The highest BCUT2D eigenvalue weighted by Crippen LogP contribution is 2.32. The first kappa shape index (κ1) is 16.5. The highest BCUT2D eigenvalue weighted by molar-refractivity contribution is 7.99. The van der Waals surface area contributed by atoms with Gasteiger partial charge in [0, 0.05) is 22.4 Å². The summed E-state index contributed by atoms with van der Waals surface area (Å²) in [6.07, 6.45) is 0.458. The Hall–Kier alpha value is -1.34. The second-order valence-corrected chi connectivity index (χ2v) is 8.34. The number of anilines is 1. The third-order valence-electron chi connectivity index (χ3n) is 2.92. The number of thiazole rings is 1. The molecule has 0 radical (unpaired) electrons. The first-order chi connectivity index (χ1) is 11.2. The number of thioether (sulfide) groups is 1. The molecular weight excluding hydrogens is 368 g/mol. The van der Waals surface area contributed by atoms with Gasteiger partial charge >= 0.3 is 0 Å². The molecule has 0 unspecified atom stereocenters. The van der Waals surface area contributed by atoms with Gasteiger partial charge in [-0.2, -0.15) is 0 Å². The van der Waals surface area contributed by atoms with Gasteiger partial charge in [0.1, 0.15) is 0 Å².